The van der Waals surface area contributed by atoms with Gasteiger partial charge < -0.3 is 19.8 Å². The fourth-order valence-electron chi connectivity index (χ4n) is 3.85. The summed E-state index contributed by atoms with van der Waals surface area (Å²) in [6.45, 7) is 5.70. The fraction of sp³-hybridized carbons (Fsp3) is 0.276. The quantitative estimate of drug-likeness (QED) is 0.243. The first-order valence-corrected chi connectivity index (χ1v) is 12.8. The monoisotopic (exact) mass is 529 g/mol. The molecule has 202 valence electrons. The van der Waals surface area contributed by atoms with Crippen LogP contribution in [0.5, 0.6) is 0 Å². The number of oxazole rings is 1. The Labute approximate surface area is 226 Å². The zero-order valence-electron chi connectivity index (χ0n) is 22.1. The standard InChI is InChI=1S/C29H31N5O5/c1-4-22(5-2)32-27(36)25-16-30-28(39-25)21-13-9-12-20(14-21)23-15-24(34-33-23)26(35)31-18(3)29(37)38-17-19-10-7-6-8-11-19/h6-16,18,22H,4-5,17H2,1-3H3,(H,31,35)(H,32,36)(H,33,34). The number of carbonyl (C=O) groups is 3. The Morgan fingerprint density at radius 1 is 0.949 bits per heavy atom. The molecule has 0 aliphatic rings. The lowest BCUT2D eigenvalue weighted by atomic mass is 10.1. The molecule has 0 saturated heterocycles. The van der Waals surface area contributed by atoms with Crippen molar-refractivity contribution in [1.82, 2.24) is 25.8 Å². The van der Waals surface area contributed by atoms with Gasteiger partial charge >= 0.3 is 5.97 Å². The molecule has 0 aliphatic carbocycles. The van der Waals surface area contributed by atoms with Crippen LogP contribution in [0, 0.1) is 0 Å². The molecule has 3 N–H and O–H groups in total. The van der Waals surface area contributed by atoms with Gasteiger partial charge in [-0.1, -0.05) is 56.3 Å². The van der Waals surface area contributed by atoms with Crippen LogP contribution >= 0.6 is 0 Å². The van der Waals surface area contributed by atoms with Crippen LogP contribution in [0.25, 0.3) is 22.7 Å². The van der Waals surface area contributed by atoms with Crippen molar-refractivity contribution in [1.29, 1.82) is 0 Å². The molecule has 0 radical (unpaired) electrons. The molecule has 1 atom stereocenters. The molecule has 2 heterocycles. The van der Waals surface area contributed by atoms with Crippen molar-refractivity contribution < 1.29 is 23.5 Å². The zero-order chi connectivity index (χ0) is 27.8. The Balaban J connectivity index is 1.38. The van der Waals surface area contributed by atoms with Gasteiger partial charge in [0.05, 0.1) is 11.9 Å². The van der Waals surface area contributed by atoms with Gasteiger partial charge in [0.15, 0.2) is 0 Å². The number of ether oxygens (including phenoxy) is 1. The van der Waals surface area contributed by atoms with E-state index in [0.717, 1.165) is 18.4 Å². The molecule has 39 heavy (non-hydrogen) atoms. The van der Waals surface area contributed by atoms with Crippen molar-refractivity contribution in [2.24, 2.45) is 0 Å². The first-order chi connectivity index (χ1) is 18.9. The van der Waals surface area contributed by atoms with Gasteiger partial charge in [-0.15, -0.1) is 0 Å². The van der Waals surface area contributed by atoms with Crippen molar-refractivity contribution in [3.05, 3.63) is 83.9 Å². The van der Waals surface area contributed by atoms with Gasteiger partial charge in [-0.05, 0) is 43.5 Å². The van der Waals surface area contributed by atoms with Crippen molar-refractivity contribution >= 4 is 17.8 Å². The molecule has 0 fully saturated rings. The van der Waals surface area contributed by atoms with E-state index in [1.54, 1.807) is 31.2 Å². The molecule has 10 heteroatoms. The van der Waals surface area contributed by atoms with E-state index in [1.165, 1.54) is 6.20 Å². The number of nitrogens with one attached hydrogen (secondary N) is 3. The number of nitrogens with zero attached hydrogens (tertiary/aromatic N) is 2. The number of hydrogen-bond donors (Lipinski definition) is 3. The normalized spacial score (nSPS) is 11.7. The highest BCUT2D eigenvalue weighted by Gasteiger charge is 2.20. The van der Waals surface area contributed by atoms with E-state index in [9.17, 15) is 14.4 Å². The Morgan fingerprint density at radius 3 is 2.44 bits per heavy atom. The third-order valence-electron chi connectivity index (χ3n) is 6.20. The molecule has 4 rings (SSSR count). The Morgan fingerprint density at radius 2 is 1.69 bits per heavy atom. The molecule has 0 bridgehead atoms. The zero-order valence-corrected chi connectivity index (χ0v) is 22.1. The van der Waals surface area contributed by atoms with E-state index >= 15 is 0 Å². The lowest BCUT2D eigenvalue weighted by Gasteiger charge is -2.12. The van der Waals surface area contributed by atoms with Crippen LogP contribution < -0.4 is 10.6 Å². The van der Waals surface area contributed by atoms with Crippen LogP contribution in [0.1, 0.15) is 60.2 Å². The molecule has 2 amide bonds. The van der Waals surface area contributed by atoms with Crippen LogP contribution in [-0.2, 0) is 16.1 Å². The summed E-state index contributed by atoms with van der Waals surface area (Å²) in [6, 6.07) is 17.3. The second-order valence-corrected chi connectivity index (χ2v) is 9.05. The summed E-state index contributed by atoms with van der Waals surface area (Å²) in [4.78, 5) is 41.7. The number of amides is 2. The number of H-pyrrole nitrogens is 1. The van der Waals surface area contributed by atoms with Crippen molar-refractivity contribution in [2.75, 3.05) is 0 Å². The molecule has 0 aliphatic heterocycles. The summed E-state index contributed by atoms with van der Waals surface area (Å²) in [7, 11) is 0. The van der Waals surface area contributed by atoms with Crippen molar-refractivity contribution in [3.8, 4) is 22.7 Å². The van der Waals surface area contributed by atoms with Gasteiger partial charge in [-0.2, -0.15) is 5.10 Å². The minimum Gasteiger partial charge on any atom is -0.459 e. The van der Waals surface area contributed by atoms with Crippen LogP contribution in [0.15, 0.2) is 71.3 Å². The molecule has 1 unspecified atom stereocenters. The largest absolute Gasteiger partial charge is 0.459 e. The maximum atomic E-state index is 12.7. The molecule has 10 nitrogen and oxygen atoms in total. The minimum absolute atomic E-state index is 0.0726. The number of carbonyl (C=O) groups excluding carboxylic acids is 3. The van der Waals surface area contributed by atoms with Crippen LogP contribution in [-0.4, -0.2) is 45.0 Å². The van der Waals surface area contributed by atoms with Gasteiger partial charge in [0.2, 0.25) is 11.7 Å². The van der Waals surface area contributed by atoms with Crippen LogP contribution in [0.4, 0.5) is 0 Å². The lowest BCUT2D eigenvalue weighted by molar-refractivity contribution is -0.146. The number of hydrogen-bond acceptors (Lipinski definition) is 7. The summed E-state index contributed by atoms with van der Waals surface area (Å²) in [5, 5.41) is 12.5. The van der Waals surface area contributed by atoms with E-state index in [-0.39, 0.29) is 30.0 Å². The summed E-state index contributed by atoms with van der Waals surface area (Å²) in [5.41, 5.74) is 2.92. The van der Waals surface area contributed by atoms with Crippen LogP contribution in [0.2, 0.25) is 0 Å². The lowest BCUT2D eigenvalue weighted by Crippen LogP contribution is -2.39. The van der Waals surface area contributed by atoms with E-state index in [4.69, 9.17) is 9.15 Å². The van der Waals surface area contributed by atoms with Crippen molar-refractivity contribution in [3.63, 3.8) is 0 Å². The predicted molar refractivity (Wildman–Crippen MR) is 145 cm³/mol. The van der Waals surface area contributed by atoms with E-state index in [1.807, 2.05) is 50.2 Å². The summed E-state index contributed by atoms with van der Waals surface area (Å²) < 4.78 is 11.0. The Bertz CT molecular complexity index is 1420. The third kappa shape index (κ3) is 6.98. The second kappa shape index (κ2) is 12.7. The van der Waals surface area contributed by atoms with Gasteiger partial charge in [0.25, 0.3) is 11.8 Å². The number of rotatable bonds is 11. The SMILES string of the molecule is CCC(CC)NC(=O)c1cnc(-c2cccc(-c3cc(C(=O)NC(C)C(=O)OCc4ccccc4)[nH]n3)c2)o1. The van der Waals surface area contributed by atoms with E-state index in [0.29, 0.717) is 22.7 Å². The summed E-state index contributed by atoms with van der Waals surface area (Å²) >= 11 is 0. The van der Waals surface area contributed by atoms with Gasteiger partial charge in [0, 0.05) is 17.2 Å². The third-order valence-corrected chi connectivity index (χ3v) is 6.20. The molecule has 2 aromatic carbocycles. The highest BCUT2D eigenvalue weighted by atomic mass is 16.5. The van der Waals surface area contributed by atoms with Gasteiger partial charge in [-0.3, -0.25) is 14.7 Å². The van der Waals surface area contributed by atoms with Crippen LogP contribution in [0.3, 0.4) is 0 Å². The number of aromatic nitrogens is 3. The average molecular weight is 530 g/mol. The molecule has 0 spiro atoms. The minimum atomic E-state index is -0.849. The van der Waals surface area contributed by atoms with E-state index < -0.39 is 17.9 Å². The highest BCUT2D eigenvalue weighted by molar-refractivity contribution is 5.96. The maximum Gasteiger partial charge on any atom is 0.328 e. The van der Waals surface area contributed by atoms with E-state index in [2.05, 4.69) is 25.8 Å². The smallest absolute Gasteiger partial charge is 0.328 e. The Kier molecular flexibility index (Phi) is 8.88. The number of benzene rings is 2. The number of aromatic amines is 1. The molecule has 2 aromatic heterocycles. The molecule has 4 aromatic rings. The second-order valence-electron chi connectivity index (χ2n) is 9.05. The first-order valence-electron chi connectivity index (χ1n) is 12.8. The highest BCUT2D eigenvalue weighted by Crippen LogP contribution is 2.26. The first kappa shape index (κ1) is 27.3. The fourth-order valence-corrected chi connectivity index (χ4v) is 3.85. The molecular formula is C29H31N5O5. The predicted octanol–water partition coefficient (Wildman–Crippen LogP) is 4.51. The summed E-state index contributed by atoms with van der Waals surface area (Å²) in [5.74, 6) is -0.909. The average Bonchev–Trinajstić information content (AvgIpc) is 3.66. The summed E-state index contributed by atoms with van der Waals surface area (Å²) in [6.07, 6.45) is 3.06. The molecule has 0 saturated carbocycles. The maximum absolute atomic E-state index is 12.7. The molecular weight excluding hydrogens is 498 g/mol. The Hall–Kier alpha value is -4.73. The number of esters is 1. The topological polar surface area (TPSA) is 139 Å². The van der Waals surface area contributed by atoms with Gasteiger partial charge in [0.1, 0.15) is 18.3 Å². The van der Waals surface area contributed by atoms with Gasteiger partial charge in [-0.25, -0.2) is 9.78 Å². The van der Waals surface area contributed by atoms with Crippen molar-refractivity contribution in [2.45, 2.75) is 52.3 Å².